The Morgan fingerprint density at radius 2 is 1.79 bits per heavy atom. The number of anilines is 1. The van der Waals surface area contributed by atoms with E-state index >= 15 is 0 Å². The van der Waals surface area contributed by atoms with E-state index in [2.05, 4.69) is 0 Å². The lowest BCUT2D eigenvalue weighted by molar-refractivity contribution is -0.141. The maximum absolute atomic E-state index is 13.3. The van der Waals surface area contributed by atoms with E-state index in [1.54, 1.807) is 9.80 Å². The predicted molar refractivity (Wildman–Crippen MR) is 104 cm³/mol. The highest BCUT2D eigenvalue weighted by Gasteiger charge is 2.34. The van der Waals surface area contributed by atoms with E-state index in [9.17, 15) is 9.59 Å². The van der Waals surface area contributed by atoms with Crippen LogP contribution in [0.4, 0.5) is 5.69 Å². The number of carbonyl (C=O) groups excluding carboxylic acids is 2. The van der Waals surface area contributed by atoms with Crippen molar-refractivity contribution in [1.82, 2.24) is 9.80 Å². The number of hydrogen-bond acceptors (Lipinski definition) is 5. The second-order valence-electron chi connectivity index (χ2n) is 7.12. The minimum atomic E-state index is -0.495. The van der Waals surface area contributed by atoms with Crippen molar-refractivity contribution in [3.05, 3.63) is 54.1 Å². The Kier molecular flexibility index (Phi) is 4.92. The van der Waals surface area contributed by atoms with Gasteiger partial charge in [0.1, 0.15) is 12.6 Å². The fourth-order valence-electron chi connectivity index (χ4n) is 3.66. The highest BCUT2D eigenvalue weighted by molar-refractivity contribution is 5.98. The Balaban J connectivity index is 1.52. The maximum Gasteiger partial charge on any atom is 0.246 e. The summed E-state index contributed by atoms with van der Waals surface area (Å²) in [6.45, 7) is 1.24. The van der Waals surface area contributed by atoms with Gasteiger partial charge in [0.25, 0.3) is 0 Å². The van der Waals surface area contributed by atoms with E-state index in [-0.39, 0.29) is 25.2 Å². The summed E-state index contributed by atoms with van der Waals surface area (Å²) in [5, 5.41) is 0. The van der Waals surface area contributed by atoms with E-state index in [0.717, 1.165) is 11.3 Å². The van der Waals surface area contributed by atoms with E-state index < -0.39 is 6.04 Å². The van der Waals surface area contributed by atoms with Crippen LogP contribution in [0.15, 0.2) is 48.5 Å². The Morgan fingerprint density at radius 1 is 1.04 bits per heavy atom. The van der Waals surface area contributed by atoms with Crippen LogP contribution in [0.1, 0.15) is 11.6 Å². The van der Waals surface area contributed by atoms with E-state index in [4.69, 9.17) is 9.47 Å². The standard InChI is InChI=1S/C21H23N3O4/c1-22(2)20(15-8-9-17-18(12-15)28-14-27-17)21(26)23-10-11-24(19(25)13-23)16-6-4-3-5-7-16/h3-9,12,20H,10-11,13-14H2,1-2H3. The van der Waals surface area contributed by atoms with Crippen molar-refractivity contribution < 1.29 is 19.1 Å². The molecule has 7 nitrogen and oxygen atoms in total. The summed E-state index contributed by atoms with van der Waals surface area (Å²) in [4.78, 5) is 31.2. The molecule has 0 N–H and O–H groups in total. The van der Waals surface area contributed by atoms with E-state index in [1.807, 2.05) is 67.5 Å². The molecule has 2 aromatic rings. The molecular formula is C21H23N3O4. The number of para-hydroxylation sites is 1. The van der Waals surface area contributed by atoms with Gasteiger partial charge >= 0.3 is 0 Å². The largest absolute Gasteiger partial charge is 0.454 e. The first-order chi connectivity index (χ1) is 13.5. The fraction of sp³-hybridized carbons (Fsp3) is 0.333. The number of likely N-dealkylation sites (N-methyl/N-ethyl adjacent to an activating group) is 1. The minimum absolute atomic E-state index is 0.0720. The molecule has 0 spiro atoms. The molecule has 1 fully saturated rings. The Bertz CT molecular complexity index is 884. The lowest BCUT2D eigenvalue weighted by Crippen LogP contribution is -2.54. The van der Waals surface area contributed by atoms with Gasteiger partial charge in [-0.15, -0.1) is 0 Å². The molecule has 7 heteroatoms. The quantitative estimate of drug-likeness (QED) is 0.810. The average molecular weight is 381 g/mol. The van der Waals surface area contributed by atoms with Gasteiger partial charge in [0, 0.05) is 18.8 Å². The lowest BCUT2D eigenvalue weighted by atomic mass is 10.0. The van der Waals surface area contributed by atoms with Crippen LogP contribution in [0.5, 0.6) is 11.5 Å². The topological polar surface area (TPSA) is 62.3 Å². The summed E-state index contributed by atoms with van der Waals surface area (Å²) in [7, 11) is 3.71. The molecule has 0 bridgehead atoms. The number of amides is 2. The zero-order chi connectivity index (χ0) is 19.7. The van der Waals surface area contributed by atoms with Gasteiger partial charge in [0.15, 0.2) is 11.5 Å². The third kappa shape index (κ3) is 3.41. The molecule has 0 aliphatic carbocycles. The van der Waals surface area contributed by atoms with Crippen LogP contribution in [0, 0.1) is 0 Å². The summed E-state index contributed by atoms with van der Waals surface area (Å²) < 4.78 is 10.8. The first kappa shape index (κ1) is 18.3. The summed E-state index contributed by atoms with van der Waals surface area (Å²) in [6, 6.07) is 14.6. The van der Waals surface area contributed by atoms with Gasteiger partial charge in [-0.3, -0.25) is 14.5 Å². The highest BCUT2D eigenvalue weighted by atomic mass is 16.7. The Morgan fingerprint density at radius 3 is 2.50 bits per heavy atom. The number of nitrogens with zero attached hydrogens (tertiary/aromatic N) is 3. The summed E-state index contributed by atoms with van der Waals surface area (Å²) in [5.41, 5.74) is 1.68. The molecule has 0 aromatic heterocycles. The Hall–Kier alpha value is -3.06. The predicted octanol–water partition coefficient (Wildman–Crippen LogP) is 1.89. The lowest BCUT2D eigenvalue weighted by Gasteiger charge is -2.37. The van der Waals surface area contributed by atoms with Gasteiger partial charge in [0.05, 0.1) is 0 Å². The molecule has 2 heterocycles. The van der Waals surface area contributed by atoms with Crippen molar-refractivity contribution >= 4 is 17.5 Å². The SMILES string of the molecule is CN(C)C(C(=O)N1CCN(c2ccccc2)C(=O)C1)c1ccc2c(c1)OCO2. The van der Waals surface area contributed by atoms with Crippen molar-refractivity contribution in [1.29, 1.82) is 0 Å². The molecule has 1 saturated heterocycles. The molecule has 2 aromatic carbocycles. The van der Waals surface area contributed by atoms with Crippen LogP contribution in [-0.4, -0.2) is 62.1 Å². The maximum atomic E-state index is 13.3. The summed E-state index contributed by atoms with van der Waals surface area (Å²) in [6.07, 6.45) is 0. The Labute approximate surface area is 164 Å². The molecular weight excluding hydrogens is 358 g/mol. The zero-order valence-corrected chi connectivity index (χ0v) is 16.0. The van der Waals surface area contributed by atoms with Gasteiger partial charge in [0.2, 0.25) is 18.6 Å². The van der Waals surface area contributed by atoms with Crippen LogP contribution >= 0.6 is 0 Å². The van der Waals surface area contributed by atoms with Gasteiger partial charge in [-0.25, -0.2) is 0 Å². The number of carbonyl (C=O) groups is 2. The van der Waals surface area contributed by atoms with Crippen LogP contribution in [-0.2, 0) is 9.59 Å². The molecule has 0 saturated carbocycles. The molecule has 0 radical (unpaired) electrons. The van der Waals surface area contributed by atoms with Crippen LogP contribution in [0.25, 0.3) is 0 Å². The minimum Gasteiger partial charge on any atom is -0.454 e. The number of ether oxygens (including phenoxy) is 2. The molecule has 2 amide bonds. The number of piperazine rings is 1. The molecule has 146 valence electrons. The van der Waals surface area contributed by atoms with Crippen LogP contribution < -0.4 is 14.4 Å². The van der Waals surface area contributed by atoms with Crippen molar-refractivity contribution in [3.63, 3.8) is 0 Å². The van der Waals surface area contributed by atoms with Crippen LogP contribution in [0.2, 0.25) is 0 Å². The van der Waals surface area contributed by atoms with Crippen molar-refractivity contribution in [2.24, 2.45) is 0 Å². The van der Waals surface area contributed by atoms with E-state index in [0.29, 0.717) is 24.6 Å². The number of benzene rings is 2. The second-order valence-corrected chi connectivity index (χ2v) is 7.12. The first-order valence-corrected chi connectivity index (χ1v) is 9.25. The fourth-order valence-corrected chi connectivity index (χ4v) is 3.66. The van der Waals surface area contributed by atoms with Gasteiger partial charge in [-0.1, -0.05) is 24.3 Å². The molecule has 4 rings (SSSR count). The highest BCUT2D eigenvalue weighted by Crippen LogP contribution is 2.35. The second kappa shape index (κ2) is 7.52. The average Bonchev–Trinajstić information content (AvgIpc) is 3.16. The molecule has 2 aliphatic heterocycles. The third-order valence-electron chi connectivity index (χ3n) is 5.06. The molecule has 28 heavy (non-hydrogen) atoms. The van der Waals surface area contributed by atoms with Gasteiger partial charge in [-0.05, 0) is 43.9 Å². The van der Waals surface area contributed by atoms with Crippen molar-refractivity contribution in [2.45, 2.75) is 6.04 Å². The number of rotatable bonds is 4. The van der Waals surface area contributed by atoms with Crippen molar-refractivity contribution in [3.8, 4) is 11.5 Å². The molecule has 2 aliphatic rings. The van der Waals surface area contributed by atoms with Gasteiger partial charge in [-0.2, -0.15) is 0 Å². The third-order valence-corrected chi connectivity index (χ3v) is 5.06. The molecule has 1 atom stereocenters. The van der Waals surface area contributed by atoms with Crippen LogP contribution in [0.3, 0.4) is 0 Å². The normalized spacial score (nSPS) is 17.2. The molecule has 1 unspecified atom stereocenters. The summed E-state index contributed by atoms with van der Waals surface area (Å²) in [5.74, 6) is 1.15. The summed E-state index contributed by atoms with van der Waals surface area (Å²) >= 11 is 0. The monoisotopic (exact) mass is 381 g/mol. The van der Waals surface area contributed by atoms with E-state index in [1.165, 1.54) is 0 Å². The smallest absolute Gasteiger partial charge is 0.246 e. The number of hydrogen-bond donors (Lipinski definition) is 0. The zero-order valence-electron chi connectivity index (χ0n) is 16.0. The van der Waals surface area contributed by atoms with Gasteiger partial charge < -0.3 is 19.3 Å². The number of fused-ring (bicyclic) bond motifs is 1. The van der Waals surface area contributed by atoms with Crippen molar-refractivity contribution in [2.75, 3.05) is 45.4 Å². The first-order valence-electron chi connectivity index (χ1n) is 9.25.